The third kappa shape index (κ3) is 2.65. The van der Waals surface area contributed by atoms with Crippen LogP contribution < -0.4 is 11.1 Å². The summed E-state index contributed by atoms with van der Waals surface area (Å²) in [6, 6.07) is 1.97. The van der Waals surface area contributed by atoms with Crippen LogP contribution in [0.3, 0.4) is 0 Å². The van der Waals surface area contributed by atoms with E-state index in [0.717, 1.165) is 12.1 Å². The summed E-state index contributed by atoms with van der Waals surface area (Å²) < 4.78 is 1.83. The van der Waals surface area contributed by atoms with E-state index in [4.69, 9.17) is 17.3 Å². The van der Waals surface area contributed by atoms with Crippen LogP contribution in [-0.2, 0) is 13.5 Å². The Morgan fingerprint density at radius 3 is 3.00 bits per heavy atom. The number of rotatable bonds is 4. The Morgan fingerprint density at radius 2 is 2.29 bits per heavy atom. The number of hydrogen-bond donors (Lipinski definition) is 2. The Morgan fingerprint density at radius 1 is 1.47 bits per heavy atom. The highest BCUT2D eigenvalue weighted by Crippen LogP contribution is 2.21. The second-order valence-corrected chi connectivity index (χ2v) is 3.91. The third-order valence-corrected chi connectivity index (χ3v) is 2.73. The number of aryl methyl sites for hydroxylation is 1. The standard InChI is InChI=1S/C10H13ClN6/c1-17-7(3-5-16-17)2-4-13-10-8(12)9(11)14-6-15-10/h3,5-6H,2,4,12H2,1H3,(H,13,14,15). The van der Waals surface area contributed by atoms with E-state index in [0.29, 0.717) is 18.1 Å². The molecule has 2 rings (SSSR count). The second kappa shape index (κ2) is 5.01. The predicted molar refractivity (Wildman–Crippen MR) is 66.9 cm³/mol. The van der Waals surface area contributed by atoms with Gasteiger partial charge < -0.3 is 11.1 Å². The van der Waals surface area contributed by atoms with Gasteiger partial charge in [-0.25, -0.2) is 9.97 Å². The molecule has 0 aromatic carbocycles. The van der Waals surface area contributed by atoms with Crippen molar-refractivity contribution < 1.29 is 0 Å². The second-order valence-electron chi connectivity index (χ2n) is 3.55. The van der Waals surface area contributed by atoms with E-state index in [1.165, 1.54) is 6.33 Å². The molecule has 0 fully saturated rings. The maximum Gasteiger partial charge on any atom is 0.157 e. The summed E-state index contributed by atoms with van der Waals surface area (Å²) in [5, 5.41) is 7.48. The molecule has 2 aromatic heterocycles. The summed E-state index contributed by atoms with van der Waals surface area (Å²) in [7, 11) is 1.91. The molecule has 0 radical (unpaired) electrons. The van der Waals surface area contributed by atoms with Gasteiger partial charge in [0.2, 0.25) is 0 Å². The maximum atomic E-state index is 5.79. The monoisotopic (exact) mass is 252 g/mol. The molecule has 2 heterocycles. The van der Waals surface area contributed by atoms with Crippen molar-refractivity contribution in [3.05, 3.63) is 29.4 Å². The fraction of sp³-hybridized carbons (Fsp3) is 0.300. The molecule has 0 unspecified atom stereocenters. The van der Waals surface area contributed by atoms with Gasteiger partial charge in [-0.3, -0.25) is 4.68 Å². The van der Waals surface area contributed by atoms with Crippen LogP contribution in [0.15, 0.2) is 18.6 Å². The van der Waals surface area contributed by atoms with Crippen LogP contribution in [0.25, 0.3) is 0 Å². The normalized spacial score (nSPS) is 10.5. The number of nitrogens with two attached hydrogens (primary N) is 1. The number of aromatic nitrogens is 4. The molecule has 0 atom stereocenters. The summed E-state index contributed by atoms with van der Waals surface area (Å²) in [6.45, 7) is 0.705. The summed E-state index contributed by atoms with van der Waals surface area (Å²) in [5.74, 6) is 0.562. The first-order chi connectivity index (χ1) is 8.18. The first-order valence-corrected chi connectivity index (χ1v) is 5.53. The van der Waals surface area contributed by atoms with Crippen LogP contribution in [0.4, 0.5) is 11.5 Å². The van der Waals surface area contributed by atoms with E-state index in [1.807, 2.05) is 17.8 Å². The third-order valence-electron chi connectivity index (χ3n) is 2.43. The molecular formula is C10H13ClN6. The molecule has 0 aliphatic carbocycles. The highest BCUT2D eigenvalue weighted by atomic mass is 35.5. The molecule has 3 N–H and O–H groups in total. The lowest BCUT2D eigenvalue weighted by molar-refractivity contribution is 0.711. The van der Waals surface area contributed by atoms with E-state index in [-0.39, 0.29) is 5.15 Å². The molecule has 17 heavy (non-hydrogen) atoms. The number of anilines is 2. The molecule has 0 amide bonds. The lowest BCUT2D eigenvalue weighted by Crippen LogP contribution is -2.11. The zero-order valence-corrected chi connectivity index (χ0v) is 10.1. The predicted octanol–water partition coefficient (Wildman–Crippen LogP) is 1.10. The zero-order chi connectivity index (χ0) is 12.3. The van der Waals surface area contributed by atoms with Gasteiger partial charge >= 0.3 is 0 Å². The van der Waals surface area contributed by atoms with Crippen LogP contribution in [0, 0.1) is 0 Å². The molecule has 0 saturated heterocycles. The van der Waals surface area contributed by atoms with Gasteiger partial charge in [-0.15, -0.1) is 0 Å². The molecule has 2 aromatic rings. The van der Waals surface area contributed by atoms with E-state index >= 15 is 0 Å². The largest absolute Gasteiger partial charge is 0.393 e. The quantitative estimate of drug-likeness (QED) is 0.797. The smallest absolute Gasteiger partial charge is 0.157 e. The Labute approximate surface area is 104 Å². The van der Waals surface area contributed by atoms with E-state index < -0.39 is 0 Å². The fourth-order valence-corrected chi connectivity index (χ4v) is 1.60. The minimum atomic E-state index is 0.267. The first kappa shape index (κ1) is 11.7. The summed E-state index contributed by atoms with van der Waals surface area (Å²) in [6.07, 6.45) is 3.98. The van der Waals surface area contributed by atoms with Crippen molar-refractivity contribution in [2.75, 3.05) is 17.6 Å². The number of hydrogen-bond acceptors (Lipinski definition) is 5. The average Bonchev–Trinajstić information content (AvgIpc) is 2.71. The minimum absolute atomic E-state index is 0.267. The van der Waals surface area contributed by atoms with Crippen molar-refractivity contribution in [3.63, 3.8) is 0 Å². The Hall–Kier alpha value is -1.82. The topological polar surface area (TPSA) is 81.7 Å². The molecular weight excluding hydrogens is 240 g/mol. The molecule has 0 aliphatic rings. The molecule has 6 nitrogen and oxygen atoms in total. The van der Waals surface area contributed by atoms with Crippen LogP contribution >= 0.6 is 11.6 Å². The highest BCUT2D eigenvalue weighted by molar-refractivity contribution is 6.32. The molecule has 0 bridgehead atoms. The molecule has 0 saturated carbocycles. The van der Waals surface area contributed by atoms with Gasteiger partial charge in [-0.1, -0.05) is 11.6 Å². The van der Waals surface area contributed by atoms with Crippen molar-refractivity contribution in [2.24, 2.45) is 7.05 Å². The van der Waals surface area contributed by atoms with Crippen molar-refractivity contribution in [2.45, 2.75) is 6.42 Å². The van der Waals surface area contributed by atoms with Crippen LogP contribution in [0.1, 0.15) is 5.69 Å². The Bertz CT molecular complexity index is 509. The van der Waals surface area contributed by atoms with Crippen molar-refractivity contribution in [3.8, 4) is 0 Å². The summed E-state index contributed by atoms with van der Waals surface area (Å²) in [5.41, 5.74) is 7.24. The number of nitrogens with zero attached hydrogens (tertiary/aromatic N) is 4. The van der Waals surface area contributed by atoms with Crippen LogP contribution in [-0.4, -0.2) is 26.3 Å². The van der Waals surface area contributed by atoms with Crippen LogP contribution in [0.5, 0.6) is 0 Å². The van der Waals surface area contributed by atoms with Gasteiger partial charge in [0, 0.05) is 31.9 Å². The van der Waals surface area contributed by atoms with Gasteiger partial charge in [0.05, 0.1) is 0 Å². The molecule has 0 spiro atoms. The van der Waals surface area contributed by atoms with Crippen molar-refractivity contribution >= 4 is 23.1 Å². The van der Waals surface area contributed by atoms with Gasteiger partial charge in [0.15, 0.2) is 11.0 Å². The highest BCUT2D eigenvalue weighted by Gasteiger charge is 2.05. The number of nitrogen functional groups attached to an aromatic ring is 1. The Balaban J connectivity index is 1.95. The maximum absolute atomic E-state index is 5.79. The number of nitrogens with one attached hydrogen (secondary N) is 1. The SMILES string of the molecule is Cn1nccc1CCNc1ncnc(Cl)c1N. The zero-order valence-electron chi connectivity index (χ0n) is 9.39. The van der Waals surface area contributed by atoms with Gasteiger partial charge in [-0.2, -0.15) is 5.10 Å². The summed E-state index contributed by atoms with van der Waals surface area (Å²) in [4.78, 5) is 7.81. The fourth-order valence-electron chi connectivity index (χ4n) is 1.47. The molecule has 7 heteroatoms. The lowest BCUT2D eigenvalue weighted by atomic mass is 10.3. The average molecular weight is 253 g/mol. The Kier molecular flexibility index (Phi) is 3.43. The van der Waals surface area contributed by atoms with E-state index in [9.17, 15) is 0 Å². The van der Waals surface area contributed by atoms with Crippen molar-refractivity contribution in [1.82, 2.24) is 19.7 Å². The molecule has 90 valence electrons. The van der Waals surface area contributed by atoms with Crippen LogP contribution in [0.2, 0.25) is 5.15 Å². The van der Waals surface area contributed by atoms with Crippen molar-refractivity contribution in [1.29, 1.82) is 0 Å². The summed E-state index contributed by atoms with van der Waals surface area (Å²) >= 11 is 5.79. The van der Waals surface area contributed by atoms with Gasteiger partial charge in [0.1, 0.15) is 12.0 Å². The minimum Gasteiger partial charge on any atom is -0.393 e. The lowest BCUT2D eigenvalue weighted by Gasteiger charge is -2.08. The van der Waals surface area contributed by atoms with Gasteiger partial charge in [-0.05, 0) is 6.07 Å². The first-order valence-electron chi connectivity index (χ1n) is 5.15. The van der Waals surface area contributed by atoms with E-state index in [1.54, 1.807) is 6.20 Å². The van der Waals surface area contributed by atoms with E-state index in [2.05, 4.69) is 20.4 Å². The number of halogens is 1. The molecule has 0 aliphatic heterocycles. The van der Waals surface area contributed by atoms with Gasteiger partial charge in [0.25, 0.3) is 0 Å².